The summed E-state index contributed by atoms with van der Waals surface area (Å²) in [5, 5.41) is 0. The van der Waals surface area contributed by atoms with Crippen molar-refractivity contribution in [3.63, 3.8) is 0 Å². The number of likely N-dealkylation sites (tertiary alicyclic amines) is 2. The molecule has 0 amide bonds. The molecule has 0 aromatic carbocycles. The maximum Gasteiger partial charge on any atom is 0.138 e. The molecule has 0 bridgehead atoms. The largest absolute Gasteiger partial charge is 0.306 e. The van der Waals surface area contributed by atoms with Gasteiger partial charge in [-0.1, -0.05) is 6.92 Å². The van der Waals surface area contributed by atoms with Crippen LogP contribution in [-0.2, 0) is 4.79 Å². The van der Waals surface area contributed by atoms with Gasteiger partial charge in [-0.25, -0.2) is 0 Å². The van der Waals surface area contributed by atoms with E-state index in [1.165, 1.54) is 26.1 Å². The third-order valence-electron chi connectivity index (χ3n) is 4.43. The Labute approximate surface area is 98.8 Å². The Balaban J connectivity index is 1.88. The maximum atomic E-state index is 11.6. The van der Waals surface area contributed by atoms with Crippen LogP contribution in [0.5, 0.6) is 0 Å². The second-order valence-corrected chi connectivity index (χ2v) is 5.66. The zero-order chi connectivity index (χ0) is 11.7. The smallest absolute Gasteiger partial charge is 0.138 e. The molecule has 2 heterocycles. The molecule has 92 valence electrons. The van der Waals surface area contributed by atoms with Gasteiger partial charge in [-0.2, -0.15) is 0 Å². The molecular weight excluding hydrogens is 200 g/mol. The molecule has 3 unspecified atom stereocenters. The number of ketones is 1. The monoisotopic (exact) mass is 224 g/mol. The lowest BCUT2D eigenvalue weighted by Crippen LogP contribution is -2.48. The molecule has 0 aromatic heterocycles. The third kappa shape index (κ3) is 2.46. The molecule has 0 aliphatic carbocycles. The van der Waals surface area contributed by atoms with Crippen LogP contribution in [-0.4, -0.2) is 54.9 Å². The second-order valence-electron chi connectivity index (χ2n) is 5.66. The van der Waals surface area contributed by atoms with Crippen molar-refractivity contribution in [2.45, 2.75) is 32.7 Å². The number of Topliss-reactive ketones (excluding diaryl/α,β-unsaturated/α-hetero) is 1. The second kappa shape index (κ2) is 4.84. The fraction of sp³-hybridized carbons (Fsp3) is 0.923. The first-order valence-electron chi connectivity index (χ1n) is 6.53. The summed E-state index contributed by atoms with van der Waals surface area (Å²) in [7, 11) is 2.20. The number of rotatable bonds is 2. The Kier molecular flexibility index (Phi) is 3.65. The van der Waals surface area contributed by atoms with Gasteiger partial charge in [0.1, 0.15) is 5.78 Å². The average molecular weight is 224 g/mol. The van der Waals surface area contributed by atoms with E-state index in [1.54, 1.807) is 0 Å². The van der Waals surface area contributed by atoms with Crippen molar-refractivity contribution < 1.29 is 4.79 Å². The molecule has 2 fully saturated rings. The van der Waals surface area contributed by atoms with E-state index >= 15 is 0 Å². The maximum absolute atomic E-state index is 11.6. The van der Waals surface area contributed by atoms with Crippen LogP contribution < -0.4 is 0 Å². The highest BCUT2D eigenvalue weighted by Crippen LogP contribution is 2.23. The molecule has 0 saturated carbocycles. The van der Waals surface area contributed by atoms with Crippen LogP contribution >= 0.6 is 0 Å². The zero-order valence-electron chi connectivity index (χ0n) is 10.8. The average Bonchev–Trinajstić information content (AvgIpc) is 2.65. The van der Waals surface area contributed by atoms with Gasteiger partial charge in [-0.3, -0.25) is 9.69 Å². The minimum absolute atomic E-state index is 0.230. The van der Waals surface area contributed by atoms with Crippen molar-refractivity contribution in [3.8, 4) is 0 Å². The lowest BCUT2D eigenvalue weighted by molar-refractivity contribution is -0.128. The first-order valence-corrected chi connectivity index (χ1v) is 6.53. The van der Waals surface area contributed by atoms with Crippen molar-refractivity contribution in [1.82, 2.24) is 9.80 Å². The van der Waals surface area contributed by atoms with Crippen molar-refractivity contribution in [1.29, 1.82) is 0 Å². The Morgan fingerprint density at radius 2 is 2.06 bits per heavy atom. The highest BCUT2D eigenvalue weighted by Gasteiger charge is 2.32. The number of carbonyl (C=O) groups is 1. The van der Waals surface area contributed by atoms with Crippen LogP contribution in [0, 0.1) is 11.8 Å². The highest BCUT2D eigenvalue weighted by molar-refractivity contribution is 5.82. The topological polar surface area (TPSA) is 23.6 Å². The lowest BCUT2D eigenvalue weighted by Gasteiger charge is -2.38. The van der Waals surface area contributed by atoms with Crippen LogP contribution in [0.1, 0.15) is 26.7 Å². The van der Waals surface area contributed by atoms with Gasteiger partial charge in [0.15, 0.2) is 0 Å². The third-order valence-corrected chi connectivity index (χ3v) is 4.43. The van der Waals surface area contributed by atoms with Crippen molar-refractivity contribution in [2.24, 2.45) is 11.8 Å². The predicted octanol–water partition coefficient (Wildman–Crippen LogP) is 1.24. The summed E-state index contributed by atoms with van der Waals surface area (Å²) in [6.45, 7) is 8.92. The summed E-state index contributed by atoms with van der Waals surface area (Å²) in [5.41, 5.74) is 0. The van der Waals surface area contributed by atoms with E-state index in [-0.39, 0.29) is 5.92 Å². The van der Waals surface area contributed by atoms with Crippen molar-refractivity contribution >= 4 is 5.78 Å². The first kappa shape index (κ1) is 12.1. The minimum Gasteiger partial charge on any atom is -0.306 e. The van der Waals surface area contributed by atoms with Crippen molar-refractivity contribution in [2.75, 3.05) is 33.2 Å². The number of nitrogens with zero attached hydrogens (tertiary/aromatic N) is 2. The van der Waals surface area contributed by atoms with Crippen molar-refractivity contribution in [3.05, 3.63) is 0 Å². The quantitative estimate of drug-likeness (QED) is 0.705. The molecule has 2 saturated heterocycles. The molecule has 3 heteroatoms. The minimum atomic E-state index is 0.230. The SMILES string of the molecule is CC1C(=O)CCN(CC2CCN(C)C2)C1C. The van der Waals surface area contributed by atoms with Gasteiger partial charge in [0.05, 0.1) is 0 Å². The standard InChI is InChI=1S/C13H24N2O/c1-10-11(2)15(7-5-13(10)16)9-12-4-6-14(3)8-12/h10-12H,4-9H2,1-3H3. The van der Waals surface area contributed by atoms with Crippen LogP contribution in [0.4, 0.5) is 0 Å². The Hall–Kier alpha value is -0.410. The Morgan fingerprint density at radius 3 is 2.69 bits per heavy atom. The van der Waals surface area contributed by atoms with Crippen LogP contribution in [0.15, 0.2) is 0 Å². The molecular formula is C13H24N2O. The molecule has 16 heavy (non-hydrogen) atoms. The molecule has 3 atom stereocenters. The highest BCUT2D eigenvalue weighted by atomic mass is 16.1. The Morgan fingerprint density at radius 1 is 1.31 bits per heavy atom. The van der Waals surface area contributed by atoms with E-state index in [4.69, 9.17) is 0 Å². The Bertz CT molecular complexity index is 267. The van der Waals surface area contributed by atoms with Crippen LogP contribution in [0.25, 0.3) is 0 Å². The summed E-state index contributed by atoms with van der Waals surface area (Å²) in [4.78, 5) is 16.5. The summed E-state index contributed by atoms with van der Waals surface area (Å²) >= 11 is 0. The molecule has 0 radical (unpaired) electrons. The fourth-order valence-electron chi connectivity index (χ4n) is 3.03. The first-order chi connectivity index (χ1) is 7.58. The molecule has 3 nitrogen and oxygen atoms in total. The summed E-state index contributed by atoms with van der Waals surface area (Å²) in [6, 6.07) is 0.437. The van der Waals surface area contributed by atoms with E-state index in [0.29, 0.717) is 11.8 Å². The summed E-state index contributed by atoms with van der Waals surface area (Å²) in [6.07, 6.45) is 2.08. The normalized spacial score (nSPS) is 38.2. The van der Waals surface area contributed by atoms with Gasteiger partial charge < -0.3 is 4.90 Å². The van der Waals surface area contributed by atoms with Gasteiger partial charge in [-0.05, 0) is 32.9 Å². The molecule has 0 spiro atoms. The van der Waals surface area contributed by atoms with Gasteiger partial charge in [0.2, 0.25) is 0 Å². The number of carbonyl (C=O) groups excluding carboxylic acids is 1. The van der Waals surface area contributed by atoms with Crippen LogP contribution in [0.2, 0.25) is 0 Å². The predicted molar refractivity (Wildman–Crippen MR) is 65.4 cm³/mol. The summed E-state index contributed by atoms with van der Waals surface area (Å²) < 4.78 is 0. The lowest BCUT2D eigenvalue weighted by atomic mass is 9.90. The van der Waals surface area contributed by atoms with Gasteiger partial charge in [0.25, 0.3) is 0 Å². The zero-order valence-corrected chi connectivity index (χ0v) is 10.8. The molecule has 0 aromatic rings. The van der Waals surface area contributed by atoms with Gasteiger partial charge >= 0.3 is 0 Å². The number of hydrogen-bond donors (Lipinski definition) is 0. The molecule has 2 aliphatic heterocycles. The molecule has 0 N–H and O–H groups in total. The number of hydrogen-bond acceptors (Lipinski definition) is 3. The van der Waals surface area contributed by atoms with E-state index in [0.717, 1.165) is 18.9 Å². The number of piperidine rings is 1. The van der Waals surface area contributed by atoms with E-state index < -0.39 is 0 Å². The molecule has 2 aliphatic rings. The van der Waals surface area contributed by atoms with Gasteiger partial charge in [-0.15, -0.1) is 0 Å². The summed E-state index contributed by atoms with van der Waals surface area (Å²) in [5.74, 6) is 1.49. The van der Waals surface area contributed by atoms with E-state index in [1.807, 2.05) is 0 Å². The van der Waals surface area contributed by atoms with Gasteiger partial charge in [0, 0.05) is 38.0 Å². The van der Waals surface area contributed by atoms with E-state index in [9.17, 15) is 4.79 Å². The fourth-order valence-corrected chi connectivity index (χ4v) is 3.03. The van der Waals surface area contributed by atoms with Crippen LogP contribution in [0.3, 0.4) is 0 Å². The molecule has 2 rings (SSSR count). The van der Waals surface area contributed by atoms with E-state index in [2.05, 4.69) is 30.7 Å².